The number of carbonyl (C=O) groups excluding carboxylic acids is 2. The number of carboxylic acid groups (broad SMARTS) is 1. The normalized spacial score (nSPS) is 10.7. The van der Waals surface area contributed by atoms with Gasteiger partial charge in [0.25, 0.3) is 0 Å². The molecule has 0 spiro atoms. The van der Waals surface area contributed by atoms with Crippen LogP contribution in [0.15, 0.2) is 48.5 Å². The minimum Gasteiger partial charge on any atom is -0.550 e. The highest BCUT2D eigenvalue weighted by Gasteiger charge is 2.13. The lowest BCUT2D eigenvalue weighted by Gasteiger charge is -2.11. The second kappa shape index (κ2) is 7.61. The number of nitrogens with one attached hydrogen (secondary N) is 3. The summed E-state index contributed by atoms with van der Waals surface area (Å²) in [7, 11) is 0. The largest absolute Gasteiger partial charge is 0.550 e. The molecular formula is C19H19N3O3. The van der Waals surface area contributed by atoms with E-state index in [2.05, 4.69) is 15.6 Å². The smallest absolute Gasteiger partial charge is 0.239 e. The minimum atomic E-state index is -1.11. The molecule has 0 bridgehead atoms. The number of H-pyrrole nitrogens is 1. The molecule has 2 aromatic carbocycles. The van der Waals surface area contributed by atoms with E-state index in [1.807, 2.05) is 48.5 Å². The molecule has 3 N–H and O–H groups in total. The summed E-state index contributed by atoms with van der Waals surface area (Å²) in [5, 5.41) is 18.3. The predicted molar refractivity (Wildman–Crippen MR) is 93.8 cm³/mol. The zero-order chi connectivity index (χ0) is 17.6. The van der Waals surface area contributed by atoms with Crippen LogP contribution in [-0.2, 0) is 9.59 Å². The first-order valence-electron chi connectivity index (χ1n) is 8.18. The molecule has 6 heteroatoms. The van der Waals surface area contributed by atoms with Gasteiger partial charge in [-0.3, -0.25) is 4.79 Å². The van der Waals surface area contributed by atoms with Crippen LogP contribution in [0.25, 0.3) is 21.8 Å². The van der Waals surface area contributed by atoms with Crippen molar-refractivity contribution in [2.45, 2.75) is 12.8 Å². The molecule has 128 valence electrons. The summed E-state index contributed by atoms with van der Waals surface area (Å²) in [6, 6.07) is 15.8. The molecule has 0 unspecified atom stereocenters. The molecule has 0 aliphatic carbocycles. The number of aromatic nitrogens is 1. The third kappa shape index (κ3) is 4.03. The van der Waals surface area contributed by atoms with E-state index in [1.54, 1.807) is 0 Å². The van der Waals surface area contributed by atoms with E-state index in [0.29, 0.717) is 13.0 Å². The molecule has 0 aliphatic rings. The number of pyridine rings is 1. The van der Waals surface area contributed by atoms with E-state index >= 15 is 0 Å². The van der Waals surface area contributed by atoms with Gasteiger partial charge in [0.05, 0.1) is 23.0 Å². The Labute approximate surface area is 144 Å². The van der Waals surface area contributed by atoms with Crippen LogP contribution in [0.2, 0.25) is 0 Å². The molecule has 0 aliphatic heterocycles. The molecule has 3 rings (SSSR count). The maximum absolute atomic E-state index is 12.0. The fourth-order valence-corrected chi connectivity index (χ4v) is 2.79. The standard InChI is InChI=1S/C19H19N3O3/c23-17(20-11-5-10-18(24)25)12-21-19-13-6-1-3-8-15(13)22-16-9-4-2-7-14(16)19/h1-4,6-9H,5,10-12H2,(H,20,23)(H,21,22)(H,24,25). The van der Waals surface area contributed by atoms with Crippen molar-refractivity contribution >= 4 is 39.4 Å². The number of carbonyl (C=O) groups is 2. The number of amides is 1. The van der Waals surface area contributed by atoms with Crippen molar-refractivity contribution in [2.75, 3.05) is 18.4 Å². The van der Waals surface area contributed by atoms with Gasteiger partial charge in [0.1, 0.15) is 0 Å². The van der Waals surface area contributed by atoms with Crippen molar-refractivity contribution < 1.29 is 19.7 Å². The molecule has 3 aromatic rings. The molecule has 0 radical (unpaired) electrons. The Morgan fingerprint density at radius 3 is 2.16 bits per heavy atom. The average Bonchev–Trinajstić information content (AvgIpc) is 2.62. The van der Waals surface area contributed by atoms with E-state index < -0.39 is 5.97 Å². The lowest BCUT2D eigenvalue weighted by atomic mass is 10.1. The number of para-hydroxylation sites is 2. The predicted octanol–water partition coefficient (Wildman–Crippen LogP) is 0.865. The van der Waals surface area contributed by atoms with Gasteiger partial charge >= 0.3 is 0 Å². The molecule has 0 saturated heterocycles. The molecule has 0 fully saturated rings. The number of aromatic amines is 1. The van der Waals surface area contributed by atoms with Gasteiger partial charge in [-0.05, 0) is 25.0 Å². The second-order valence-corrected chi connectivity index (χ2v) is 5.77. The van der Waals surface area contributed by atoms with Gasteiger partial charge in [-0.15, -0.1) is 0 Å². The molecule has 0 saturated carbocycles. The summed E-state index contributed by atoms with van der Waals surface area (Å²) in [6.45, 7) is 0.432. The number of fused-ring (bicyclic) bond motifs is 2. The van der Waals surface area contributed by atoms with Gasteiger partial charge < -0.3 is 20.5 Å². The fraction of sp³-hybridized carbons (Fsp3) is 0.211. The highest BCUT2D eigenvalue weighted by Crippen LogP contribution is 2.28. The first-order valence-corrected chi connectivity index (χ1v) is 8.18. The van der Waals surface area contributed by atoms with Crippen molar-refractivity contribution in [1.82, 2.24) is 5.32 Å². The van der Waals surface area contributed by atoms with Crippen molar-refractivity contribution in [3.63, 3.8) is 0 Å². The Hall–Kier alpha value is -3.15. The van der Waals surface area contributed by atoms with Crippen LogP contribution in [0, 0.1) is 0 Å². The van der Waals surface area contributed by atoms with E-state index in [-0.39, 0.29) is 18.9 Å². The number of carboxylic acids is 1. The second-order valence-electron chi connectivity index (χ2n) is 5.77. The Morgan fingerprint density at radius 1 is 0.960 bits per heavy atom. The SMILES string of the molecule is O=C([O-])CCCNC(=O)CNc1c2ccccc2[nH+]c2ccccc12. The van der Waals surface area contributed by atoms with Crippen molar-refractivity contribution in [3.8, 4) is 0 Å². The van der Waals surface area contributed by atoms with E-state index in [0.717, 1.165) is 27.5 Å². The Balaban J connectivity index is 1.75. The van der Waals surface area contributed by atoms with E-state index in [4.69, 9.17) is 0 Å². The van der Waals surface area contributed by atoms with Crippen molar-refractivity contribution in [1.29, 1.82) is 0 Å². The number of aliphatic carboxylic acids is 1. The third-order valence-corrected chi connectivity index (χ3v) is 3.97. The summed E-state index contributed by atoms with van der Waals surface area (Å²) in [6.07, 6.45) is 0.303. The number of hydrogen-bond donors (Lipinski definition) is 2. The van der Waals surface area contributed by atoms with Gasteiger partial charge in [0.2, 0.25) is 16.9 Å². The lowest BCUT2D eigenvalue weighted by molar-refractivity contribution is -0.310. The zero-order valence-corrected chi connectivity index (χ0v) is 13.7. The van der Waals surface area contributed by atoms with Crippen molar-refractivity contribution in [3.05, 3.63) is 48.5 Å². The van der Waals surface area contributed by atoms with Crippen molar-refractivity contribution in [2.24, 2.45) is 0 Å². The third-order valence-electron chi connectivity index (χ3n) is 3.97. The summed E-state index contributed by atoms with van der Waals surface area (Å²) in [5.74, 6) is -1.29. The first-order chi connectivity index (χ1) is 12.1. The highest BCUT2D eigenvalue weighted by molar-refractivity contribution is 6.05. The minimum absolute atomic E-state index is 0.0580. The number of rotatable bonds is 7. The molecule has 25 heavy (non-hydrogen) atoms. The number of anilines is 1. The molecular weight excluding hydrogens is 318 g/mol. The average molecular weight is 337 g/mol. The molecule has 1 heterocycles. The number of benzene rings is 2. The van der Waals surface area contributed by atoms with Crippen LogP contribution in [0.5, 0.6) is 0 Å². The van der Waals surface area contributed by atoms with Gasteiger partial charge in [-0.1, -0.05) is 24.3 Å². The Bertz CT molecular complexity index is 870. The summed E-state index contributed by atoms with van der Waals surface area (Å²) in [5.41, 5.74) is 2.87. The van der Waals surface area contributed by atoms with Crippen LogP contribution in [-0.4, -0.2) is 25.0 Å². The van der Waals surface area contributed by atoms with Crippen LogP contribution < -0.4 is 20.7 Å². The molecule has 0 atom stereocenters. The molecule has 1 amide bonds. The highest BCUT2D eigenvalue weighted by atomic mass is 16.4. The number of hydrogen-bond acceptors (Lipinski definition) is 4. The first kappa shape index (κ1) is 16.7. The fourth-order valence-electron chi connectivity index (χ4n) is 2.79. The monoisotopic (exact) mass is 337 g/mol. The van der Waals surface area contributed by atoms with Crippen LogP contribution in [0.4, 0.5) is 5.69 Å². The van der Waals surface area contributed by atoms with Gasteiger partial charge in [0, 0.05) is 24.6 Å². The van der Waals surface area contributed by atoms with Gasteiger partial charge in [-0.25, -0.2) is 4.98 Å². The topological polar surface area (TPSA) is 95.4 Å². The van der Waals surface area contributed by atoms with E-state index in [1.165, 1.54) is 0 Å². The maximum Gasteiger partial charge on any atom is 0.239 e. The summed E-state index contributed by atoms with van der Waals surface area (Å²) in [4.78, 5) is 25.7. The van der Waals surface area contributed by atoms with Crippen LogP contribution in [0.3, 0.4) is 0 Å². The quantitative estimate of drug-likeness (QED) is 0.494. The van der Waals surface area contributed by atoms with Crippen LogP contribution in [0.1, 0.15) is 12.8 Å². The Morgan fingerprint density at radius 2 is 1.56 bits per heavy atom. The molecule has 6 nitrogen and oxygen atoms in total. The maximum atomic E-state index is 12.0. The Kier molecular flexibility index (Phi) is 5.09. The molecule has 1 aromatic heterocycles. The summed E-state index contributed by atoms with van der Waals surface area (Å²) >= 11 is 0. The zero-order valence-electron chi connectivity index (χ0n) is 13.7. The van der Waals surface area contributed by atoms with Crippen LogP contribution >= 0.6 is 0 Å². The van der Waals surface area contributed by atoms with E-state index in [9.17, 15) is 14.7 Å². The van der Waals surface area contributed by atoms with Gasteiger partial charge in [0.15, 0.2) is 0 Å². The summed E-state index contributed by atoms with van der Waals surface area (Å²) < 4.78 is 0. The lowest BCUT2D eigenvalue weighted by Crippen LogP contribution is -2.32. The van der Waals surface area contributed by atoms with Gasteiger partial charge in [-0.2, -0.15) is 0 Å².